The summed E-state index contributed by atoms with van der Waals surface area (Å²) in [7, 11) is -3.98. The second-order valence-electron chi connectivity index (χ2n) is 9.19. The molecule has 182 valence electrons. The molecular formula is C27H28N2O5S. The molecule has 1 amide bonds. The van der Waals surface area contributed by atoms with Gasteiger partial charge in [-0.25, -0.2) is 8.42 Å². The topological polar surface area (TPSA) is 84.9 Å². The quantitative estimate of drug-likeness (QED) is 0.584. The summed E-state index contributed by atoms with van der Waals surface area (Å²) in [5, 5.41) is 2.90. The average Bonchev–Trinajstić information content (AvgIpc) is 3.30. The number of carbonyl (C=O) groups excluding carboxylic acids is 1. The normalized spacial score (nSPS) is 17.2. The van der Waals surface area contributed by atoms with Crippen molar-refractivity contribution in [1.82, 2.24) is 4.31 Å². The van der Waals surface area contributed by atoms with Crippen LogP contribution in [-0.2, 0) is 27.8 Å². The zero-order chi connectivity index (χ0) is 24.9. The van der Waals surface area contributed by atoms with E-state index in [9.17, 15) is 13.2 Å². The summed E-state index contributed by atoms with van der Waals surface area (Å²) in [5.74, 6) is 0.768. The Labute approximate surface area is 205 Å². The highest BCUT2D eigenvalue weighted by atomic mass is 32.2. The van der Waals surface area contributed by atoms with Gasteiger partial charge >= 0.3 is 0 Å². The zero-order valence-corrected chi connectivity index (χ0v) is 21.0. The minimum atomic E-state index is -3.98. The largest absolute Gasteiger partial charge is 0.454 e. The average molecular weight is 493 g/mol. The lowest BCUT2D eigenvalue weighted by Gasteiger charge is -2.36. The predicted molar refractivity (Wildman–Crippen MR) is 133 cm³/mol. The molecule has 1 N–H and O–H groups in total. The fraction of sp³-hybridized carbons (Fsp3) is 0.296. The molecule has 0 spiro atoms. The fourth-order valence-corrected chi connectivity index (χ4v) is 7.00. The Morgan fingerprint density at radius 2 is 1.57 bits per heavy atom. The molecular weight excluding hydrogens is 464 g/mol. The summed E-state index contributed by atoms with van der Waals surface area (Å²) in [6, 6.07) is 13.9. The minimum absolute atomic E-state index is 0.129. The monoisotopic (exact) mass is 492 g/mol. The molecule has 1 atom stereocenters. The van der Waals surface area contributed by atoms with Crippen molar-refractivity contribution in [2.45, 2.75) is 51.6 Å². The Hall–Kier alpha value is -3.36. The molecule has 2 heterocycles. The SMILES string of the molecule is Cc1cc(C)c(C)c(S(=O)(=O)N2Cc3ccccc3C[C@@H]2C(=O)Nc2ccc3c(c2)OCO3)c1C. The first kappa shape index (κ1) is 23.4. The molecule has 7 nitrogen and oxygen atoms in total. The number of nitrogens with zero attached hydrogens (tertiary/aromatic N) is 1. The third-order valence-electron chi connectivity index (χ3n) is 7.01. The molecule has 0 saturated carbocycles. The Morgan fingerprint density at radius 1 is 0.914 bits per heavy atom. The summed E-state index contributed by atoms with van der Waals surface area (Å²) < 4.78 is 40.5. The van der Waals surface area contributed by atoms with Crippen LogP contribution < -0.4 is 14.8 Å². The molecule has 3 aromatic carbocycles. The first-order valence-electron chi connectivity index (χ1n) is 11.5. The fourth-order valence-electron chi connectivity index (χ4n) is 4.86. The lowest BCUT2D eigenvalue weighted by molar-refractivity contribution is -0.120. The van der Waals surface area contributed by atoms with Crippen molar-refractivity contribution in [3.63, 3.8) is 0 Å². The number of sulfonamides is 1. The molecule has 0 fully saturated rings. The van der Waals surface area contributed by atoms with E-state index >= 15 is 0 Å². The number of anilines is 1. The number of rotatable bonds is 4. The van der Waals surface area contributed by atoms with E-state index in [1.165, 1.54) is 4.31 Å². The van der Waals surface area contributed by atoms with Crippen LogP contribution in [-0.4, -0.2) is 31.5 Å². The lowest BCUT2D eigenvalue weighted by Crippen LogP contribution is -2.50. The molecule has 3 aromatic rings. The highest BCUT2D eigenvalue weighted by molar-refractivity contribution is 7.89. The maximum absolute atomic E-state index is 14.2. The molecule has 0 radical (unpaired) electrons. The maximum atomic E-state index is 14.2. The molecule has 0 aromatic heterocycles. The van der Waals surface area contributed by atoms with Gasteiger partial charge in [-0.1, -0.05) is 30.3 Å². The first-order chi connectivity index (χ1) is 16.7. The van der Waals surface area contributed by atoms with Crippen molar-refractivity contribution in [3.05, 3.63) is 81.9 Å². The number of benzene rings is 3. The van der Waals surface area contributed by atoms with Crippen LogP contribution in [0.4, 0.5) is 5.69 Å². The number of ether oxygens (including phenoxy) is 2. The first-order valence-corrected chi connectivity index (χ1v) is 13.0. The standard InChI is InChI=1S/C27H28N2O5S/c1-16-11-17(2)19(4)26(18(16)3)35(31,32)29-14-21-8-6-5-7-20(21)12-23(29)27(30)28-22-9-10-24-25(13-22)34-15-33-24/h5-11,13,23H,12,14-15H2,1-4H3,(H,28,30)/t23-/m1/s1. The van der Waals surface area contributed by atoms with E-state index < -0.39 is 16.1 Å². The van der Waals surface area contributed by atoms with Crippen LogP contribution in [0, 0.1) is 27.7 Å². The van der Waals surface area contributed by atoms with Crippen LogP contribution in [0.15, 0.2) is 53.4 Å². The van der Waals surface area contributed by atoms with Gasteiger partial charge in [-0.3, -0.25) is 4.79 Å². The Balaban J connectivity index is 1.56. The second-order valence-corrected chi connectivity index (χ2v) is 11.0. The van der Waals surface area contributed by atoms with E-state index in [1.807, 2.05) is 58.0 Å². The van der Waals surface area contributed by atoms with Crippen molar-refractivity contribution in [2.75, 3.05) is 12.1 Å². The summed E-state index contributed by atoms with van der Waals surface area (Å²) in [6.07, 6.45) is 0.286. The van der Waals surface area contributed by atoms with Crippen molar-refractivity contribution in [2.24, 2.45) is 0 Å². The Kier molecular flexibility index (Phi) is 5.81. The van der Waals surface area contributed by atoms with Crippen LogP contribution in [0.1, 0.15) is 33.4 Å². The number of nitrogens with one attached hydrogen (secondary N) is 1. The van der Waals surface area contributed by atoms with E-state index in [4.69, 9.17) is 9.47 Å². The summed E-state index contributed by atoms with van der Waals surface area (Å²) in [6.45, 7) is 7.74. The minimum Gasteiger partial charge on any atom is -0.454 e. The van der Waals surface area contributed by atoms with Gasteiger partial charge in [0.05, 0.1) is 4.90 Å². The number of amides is 1. The van der Waals surface area contributed by atoms with Crippen LogP contribution in [0.2, 0.25) is 0 Å². The molecule has 0 bridgehead atoms. The molecule has 2 aliphatic heterocycles. The molecule has 8 heteroatoms. The number of aryl methyl sites for hydroxylation is 2. The van der Waals surface area contributed by atoms with Gasteiger partial charge in [-0.2, -0.15) is 4.31 Å². The Morgan fingerprint density at radius 3 is 2.29 bits per heavy atom. The summed E-state index contributed by atoms with van der Waals surface area (Å²) >= 11 is 0. The van der Waals surface area contributed by atoms with Gasteiger partial charge in [0.15, 0.2) is 11.5 Å². The van der Waals surface area contributed by atoms with E-state index in [0.29, 0.717) is 28.3 Å². The molecule has 35 heavy (non-hydrogen) atoms. The van der Waals surface area contributed by atoms with Gasteiger partial charge in [0.1, 0.15) is 6.04 Å². The number of fused-ring (bicyclic) bond motifs is 2. The van der Waals surface area contributed by atoms with E-state index in [1.54, 1.807) is 18.2 Å². The van der Waals surface area contributed by atoms with Crippen LogP contribution >= 0.6 is 0 Å². The smallest absolute Gasteiger partial charge is 0.244 e. The number of hydrogen-bond acceptors (Lipinski definition) is 5. The van der Waals surface area contributed by atoms with Crippen molar-refractivity contribution >= 4 is 21.6 Å². The predicted octanol–water partition coefficient (Wildman–Crippen LogP) is 4.40. The van der Waals surface area contributed by atoms with Gasteiger partial charge in [0.25, 0.3) is 0 Å². The van der Waals surface area contributed by atoms with E-state index in [2.05, 4.69) is 5.32 Å². The van der Waals surface area contributed by atoms with Crippen molar-refractivity contribution < 1.29 is 22.7 Å². The second kappa shape index (κ2) is 8.70. The van der Waals surface area contributed by atoms with Crippen LogP contribution in [0.3, 0.4) is 0 Å². The summed E-state index contributed by atoms with van der Waals surface area (Å²) in [4.78, 5) is 13.9. The molecule has 0 saturated heterocycles. The highest BCUT2D eigenvalue weighted by Gasteiger charge is 2.41. The number of hydrogen-bond donors (Lipinski definition) is 1. The maximum Gasteiger partial charge on any atom is 0.244 e. The third-order valence-corrected chi connectivity index (χ3v) is 9.14. The van der Waals surface area contributed by atoms with Gasteiger partial charge in [0.2, 0.25) is 22.7 Å². The van der Waals surface area contributed by atoms with E-state index in [-0.39, 0.29) is 30.6 Å². The van der Waals surface area contributed by atoms with Gasteiger partial charge in [-0.15, -0.1) is 0 Å². The third kappa shape index (κ3) is 4.06. The van der Waals surface area contributed by atoms with E-state index in [0.717, 1.165) is 22.3 Å². The zero-order valence-electron chi connectivity index (χ0n) is 20.2. The number of carbonyl (C=O) groups is 1. The van der Waals surface area contributed by atoms with Gasteiger partial charge in [0, 0.05) is 18.3 Å². The van der Waals surface area contributed by atoms with Gasteiger partial charge < -0.3 is 14.8 Å². The Bertz CT molecular complexity index is 1420. The molecule has 2 aliphatic rings. The molecule has 0 aliphatic carbocycles. The van der Waals surface area contributed by atoms with Gasteiger partial charge in [-0.05, 0) is 79.6 Å². The van der Waals surface area contributed by atoms with Crippen LogP contribution in [0.25, 0.3) is 0 Å². The van der Waals surface area contributed by atoms with Crippen molar-refractivity contribution in [3.8, 4) is 11.5 Å². The summed E-state index contributed by atoms with van der Waals surface area (Å²) in [5.41, 5.74) is 5.63. The van der Waals surface area contributed by atoms with Crippen LogP contribution in [0.5, 0.6) is 11.5 Å². The molecule has 0 unspecified atom stereocenters. The van der Waals surface area contributed by atoms with Crippen molar-refractivity contribution in [1.29, 1.82) is 0 Å². The highest BCUT2D eigenvalue weighted by Crippen LogP contribution is 2.36. The lowest BCUT2D eigenvalue weighted by atomic mass is 9.95. The molecule has 5 rings (SSSR count).